The quantitative estimate of drug-likeness (QED) is 0.779. The molecule has 0 fully saturated rings. The standard InChI is InChI=1S/C19H26N2O3/c1-14(22)11-19(2,3)13-21-17(23)9-10-18-20-12-16(24-18)15-7-5-4-6-8-15/h4-8,12,14,22H,9-11,13H2,1-3H3,(H,21,23). The molecule has 1 unspecified atom stereocenters. The molecule has 0 saturated carbocycles. The summed E-state index contributed by atoms with van der Waals surface area (Å²) in [6.07, 6.45) is 2.76. The van der Waals surface area contributed by atoms with E-state index < -0.39 is 0 Å². The van der Waals surface area contributed by atoms with E-state index in [4.69, 9.17) is 4.42 Å². The Balaban J connectivity index is 1.79. The van der Waals surface area contributed by atoms with Crippen LogP contribution in [0.1, 0.15) is 39.5 Å². The van der Waals surface area contributed by atoms with Gasteiger partial charge >= 0.3 is 0 Å². The Kier molecular flexibility index (Phi) is 6.15. The Morgan fingerprint density at radius 1 is 1.33 bits per heavy atom. The Bertz CT molecular complexity index is 648. The maximum absolute atomic E-state index is 12.0. The van der Waals surface area contributed by atoms with Crippen LogP contribution >= 0.6 is 0 Å². The van der Waals surface area contributed by atoms with Crippen molar-refractivity contribution in [3.8, 4) is 11.3 Å². The molecule has 24 heavy (non-hydrogen) atoms. The number of rotatable bonds is 8. The van der Waals surface area contributed by atoms with Crippen molar-refractivity contribution in [2.45, 2.75) is 46.1 Å². The minimum absolute atomic E-state index is 0.0341. The minimum Gasteiger partial charge on any atom is -0.441 e. The number of hydrogen-bond acceptors (Lipinski definition) is 4. The number of aliphatic hydroxyl groups is 1. The number of benzene rings is 1. The first-order chi connectivity index (χ1) is 11.4. The molecule has 2 aromatic rings. The summed E-state index contributed by atoms with van der Waals surface area (Å²) in [4.78, 5) is 16.2. The summed E-state index contributed by atoms with van der Waals surface area (Å²) in [5.74, 6) is 1.24. The second-order valence-electron chi connectivity index (χ2n) is 6.98. The van der Waals surface area contributed by atoms with Gasteiger partial charge in [-0.2, -0.15) is 0 Å². The molecule has 0 aliphatic rings. The fraction of sp³-hybridized carbons (Fsp3) is 0.474. The molecule has 2 N–H and O–H groups in total. The van der Waals surface area contributed by atoms with E-state index in [0.717, 1.165) is 5.56 Å². The molecule has 0 aliphatic heterocycles. The van der Waals surface area contributed by atoms with E-state index in [9.17, 15) is 9.90 Å². The molecule has 2 rings (SSSR count). The Labute approximate surface area is 143 Å². The van der Waals surface area contributed by atoms with Crippen molar-refractivity contribution in [3.05, 3.63) is 42.4 Å². The zero-order chi connectivity index (χ0) is 17.6. The van der Waals surface area contributed by atoms with E-state index in [1.807, 2.05) is 44.2 Å². The topological polar surface area (TPSA) is 75.4 Å². The lowest BCUT2D eigenvalue weighted by atomic mass is 9.87. The lowest BCUT2D eigenvalue weighted by Crippen LogP contribution is -2.35. The second-order valence-corrected chi connectivity index (χ2v) is 6.98. The highest BCUT2D eigenvalue weighted by Gasteiger charge is 2.21. The number of nitrogens with one attached hydrogen (secondary N) is 1. The Morgan fingerprint density at radius 3 is 2.71 bits per heavy atom. The summed E-state index contributed by atoms with van der Waals surface area (Å²) in [6, 6.07) is 9.76. The van der Waals surface area contributed by atoms with E-state index in [1.165, 1.54) is 0 Å². The van der Waals surface area contributed by atoms with Gasteiger partial charge in [-0.1, -0.05) is 44.2 Å². The molecule has 1 amide bonds. The Morgan fingerprint density at radius 2 is 2.04 bits per heavy atom. The molecule has 1 atom stereocenters. The van der Waals surface area contributed by atoms with Crippen molar-refractivity contribution in [3.63, 3.8) is 0 Å². The predicted molar refractivity (Wildman–Crippen MR) is 93.3 cm³/mol. The molecule has 0 spiro atoms. The molecule has 1 aromatic heterocycles. The van der Waals surface area contributed by atoms with Gasteiger partial charge in [-0.3, -0.25) is 4.79 Å². The second kappa shape index (κ2) is 8.11. The number of carbonyl (C=O) groups excluding carboxylic acids is 1. The van der Waals surface area contributed by atoms with Gasteiger partial charge in [0.05, 0.1) is 12.3 Å². The molecule has 0 bridgehead atoms. The lowest BCUT2D eigenvalue weighted by molar-refractivity contribution is -0.121. The first kappa shape index (κ1) is 18.2. The molecular formula is C19H26N2O3. The molecule has 0 saturated heterocycles. The summed E-state index contributed by atoms with van der Waals surface area (Å²) in [5.41, 5.74) is 0.841. The zero-order valence-electron chi connectivity index (χ0n) is 14.6. The summed E-state index contributed by atoms with van der Waals surface area (Å²) in [7, 11) is 0. The predicted octanol–water partition coefficient (Wildman–Crippen LogP) is 3.19. The normalized spacial score (nSPS) is 12.8. The van der Waals surface area contributed by atoms with Gasteiger partial charge in [-0.15, -0.1) is 0 Å². The van der Waals surface area contributed by atoms with Crippen LogP contribution in [0, 0.1) is 5.41 Å². The van der Waals surface area contributed by atoms with Crippen LogP contribution < -0.4 is 5.32 Å². The third-order valence-corrected chi connectivity index (χ3v) is 3.79. The molecule has 5 heteroatoms. The van der Waals surface area contributed by atoms with Crippen LogP contribution in [-0.2, 0) is 11.2 Å². The zero-order valence-corrected chi connectivity index (χ0v) is 14.6. The van der Waals surface area contributed by atoms with Gasteiger partial charge < -0.3 is 14.8 Å². The van der Waals surface area contributed by atoms with E-state index in [1.54, 1.807) is 13.1 Å². The van der Waals surface area contributed by atoms with Gasteiger partial charge in [0.25, 0.3) is 0 Å². The van der Waals surface area contributed by atoms with Crippen LogP contribution in [0.2, 0.25) is 0 Å². The lowest BCUT2D eigenvalue weighted by Gasteiger charge is -2.26. The van der Waals surface area contributed by atoms with Crippen LogP contribution in [0.5, 0.6) is 0 Å². The average molecular weight is 330 g/mol. The molecule has 0 radical (unpaired) electrons. The highest BCUT2D eigenvalue weighted by molar-refractivity contribution is 5.76. The van der Waals surface area contributed by atoms with Gasteiger partial charge in [0.15, 0.2) is 11.7 Å². The van der Waals surface area contributed by atoms with E-state index in [2.05, 4.69) is 10.3 Å². The number of carbonyl (C=O) groups is 1. The third-order valence-electron chi connectivity index (χ3n) is 3.79. The molecule has 1 heterocycles. The summed E-state index contributed by atoms with van der Waals surface area (Å²) in [5, 5.41) is 12.4. The molecule has 130 valence electrons. The van der Waals surface area contributed by atoms with Gasteiger partial charge in [-0.25, -0.2) is 4.98 Å². The van der Waals surface area contributed by atoms with Crippen LogP contribution in [0.15, 0.2) is 40.9 Å². The number of aryl methyl sites for hydroxylation is 1. The van der Waals surface area contributed by atoms with E-state index >= 15 is 0 Å². The van der Waals surface area contributed by atoms with Gasteiger partial charge in [0.2, 0.25) is 5.91 Å². The highest BCUT2D eigenvalue weighted by atomic mass is 16.4. The van der Waals surface area contributed by atoms with Crippen molar-refractivity contribution in [1.29, 1.82) is 0 Å². The van der Waals surface area contributed by atoms with Crippen LogP contribution in [0.25, 0.3) is 11.3 Å². The minimum atomic E-state index is -0.374. The third kappa shape index (κ3) is 5.81. The number of aliphatic hydroxyl groups excluding tert-OH is 1. The van der Waals surface area contributed by atoms with Crippen LogP contribution in [-0.4, -0.2) is 28.6 Å². The van der Waals surface area contributed by atoms with Crippen molar-refractivity contribution >= 4 is 5.91 Å². The number of nitrogens with zero attached hydrogens (tertiary/aromatic N) is 1. The number of oxazole rings is 1. The number of aromatic nitrogens is 1. The van der Waals surface area contributed by atoms with Gasteiger partial charge in [0.1, 0.15) is 0 Å². The van der Waals surface area contributed by atoms with Crippen molar-refractivity contribution in [2.75, 3.05) is 6.54 Å². The average Bonchev–Trinajstić information content (AvgIpc) is 3.00. The molecular weight excluding hydrogens is 304 g/mol. The molecule has 1 aromatic carbocycles. The Hall–Kier alpha value is -2.14. The van der Waals surface area contributed by atoms with E-state index in [-0.39, 0.29) is 17.4 Å². The maximum atomic E-state index is 12.0. The number of amides is 1. The fourth-order valence-corrected chi connectivity index (χ4v) is 2.68. The first-order valence-corrected chi connectivity index (χ1v) is 8.31. The monoisotopic (exact) mass is 330 g/mol. The fourth-order valence-electron chi connectivity index (χ4n) is 2.68. The SMILES string of the molecule is CC(O)CC(C)(C)CNC(=O)CCc1ncc(-c2ccccc2)o1. The highest BCUT2D eigenvalue weighted by Crippen LogP contribution is 2.22. The number of hydrogen-bond donors (Lipinski definition) is 2. The van der Waals surface area contributed by atoms with Crippen LogP contribution in [0.4, 0.5) is 0 Å². The summed E-state index contributed by atoms with van der Waals surface area (Å²) in [6.45, 7) is 6.36. The van der Waals surface area contributed by atoms with Gasteiger partial charge in [-0.05, 0) is 18.8 Å². The molecule has 5 nitrogen and oxygen atoms in total. The summed E-state index contributed by atoms with van der Waals surface area (Å²) >= 11 is 0. The largest absolute Gasteiger partial charge is 0.441 e. The smallest absolute Gasteiger partial charge is 0.220 e. The van der Waals surface area contributed by atoms with Gasteiger partial charge in [0, 0.05) is 24.9 Å². The summed E-state index contributed by atoms with van der Waals surface area (Å²) < 4.78 is 5.69. The molecule has 0 aliphatic carbocycles. The first-order valence-electron chi connectivity index (χ1n) is 8.31. The van der Waals surface area contributed by atoms with E-state index in [0.29, 0.717) is 37.5 Å². The van der Waals surface area contributed by atoms with Crippen molar-refractivity contribution in [2.24, 2.45) is 5.41 Å². The maximum Gasteiger partial charge on any atom is 0.220 e. The van der Waals surface area contributed by atoms with Crippen molar-refractivity contribution in [1.82, 2.24) is 10.3 Å². The van der Waals surface area contributed by atoms with Crippen molar-refractivity contribution < 1.29 is 14.3 Å². The van der Waals surface area contributed by atoms with Crippen LogP contribution in [0.3, 0.4) is 0 Å².